The van der Waals surface area contributed by atoms with Crippen molar-refractivity contribution in [3.05, 3.63) is 47.5 Å². The first kappa shape index (κ1) is 15.5. The zero-order valence-corrected chi connectivity index (χ0v) is 13.8. The van der Waals surface area contributed by atoms with Crippen LogP contribution in [-0.2, 0) is 11.8 Å². The number of hydrogen-bond acceptors (Lipinski definition) is 4. The Bertz CT molecular complexity index is 887. The Morgan fingerprint density at radius 1 is 1.30 bits per heavy atom. The zero-order chi connectivity index (χ0) is 16.6. The normalized spacial score (nSPS) is 11.2. The van der Waals surface area contributed by atoms with E-state index in [9.17, 15) is 4.79 Å². The van der Waals surface area contributed by atoms with Crippen LogP contribution < -0.4 is 0 Å². The first-order chi connectivity index (χ1) is 11.0. The summed E-state index contributed by atoms with van der Waals surface area (Å²) in [5, 5.41) is 1.08. The molecule has 0 radical (unpaired) electrons. The Kier molecular flexibility index (Phi) is 4.05. The van der Waals surface area contributed by atoms with Crippen molar-refractivity contribution < 1.29 is 9.53 Å². The maximum atomic E-state index is 12.4. The predicted molar refractivity (Wildman–Crippen MR) is 89.5 cm³/mol. The molecule has 2 aromatic heterocycles. The summed E-state index contributed by atoms with van der Waals surface area (Å²) in [4.78, 5) is 20.6. The summed E-state index contributed by atoms with van der Waals surface area (Å²) in [6.45, 7) is 3.60. The Balaban J connectivity index is 2.22. The van der Waals surface area contributed by atoms with Crippen molar-refractivity contribution in [3.8, 4) is 11.3 Å². The Morgan fingerprint density at radius 3 is 2.78 bits per heavy atom. The van der Waals surface area contributed by atoms with Crippen LogP contribution in [0.3, 0.4) is 0 Å². The molecule has 0 unspecified atom stereocenters. The molecule has 0 aliphatic carbocycles. The molecule has 1 aromatic carbocycles. The summed E-state index contributed by atoms with van der Waals surface area (Å²) in [5.41, 5.74) is 2.65. The minimum atomic E-state index is -0.459. The Morgan fingerprint density at radius 2 is 2.04 bits per heavy atom. The van der Waals surface area contributed by atoms with Gasteiger partial charge in [-0.25, -0.2) is 14.8 Å². The van der Waals surface area contributed by atoms with Gasteiger partial charge in [0.25, 0.3) is 0 Å². The lowest BCUT2D eigenvalue weighted by Crippen LogP contribution is -2.13. The molecular weight excluding hydrogens is 314 g/mol. The molecule has 118 valence electrons. The molecule has 0 saturated heterocycles. The molecule has 0 bridgehead atoms. The monoisotopic (exact) mass is 329 g/mol. The molecule has 0 spiro atoms. The van der Waals surface area contributed by atoms with Gasteiger partial charge >= 0.3 is 5.97 Å². The van der Waals surface area contributed by atoms with Crippen molar-refractivity contribution in [2.45, 2.75) is 20.0 Å². The van der Waals surface area contributed by atoms with Gasteiger partial charge in [-0.15, -0.1) is 0 Å². The lowest BCUT2D eigenvalue weighted by Gasteiger charge is -2.10. The van der Waals surface area contributed by atoms with Crippen molar-refractivity contribution in [1.29, 1.82) is 0 Å². The number of nitrogens with zero attached hydrogens (tertiary/aromatic N) is 3. The van der Waals surface area contributed by atoms with Crippen molar-refractivity contribution >= 4 is 28.5 Å². The van der Waals surface area contributed by atoms with E-state index in [1.807, 2.05) is 42.1 Å². The number of carbonyl (C=O) groups is 1. The number of halogens is 1. The van der Waals surface area contributed by atoms with E-state index in [0.717, 1.165) is 16.5 Å². The molecular formula is C17H16ClN3O2. The lowest BCUT2D eigenvalue weighted by atomic mass is 10.1. The van der Waals surface area contributed by atoms with E-state index in [2.05, 4.69) is 9.97 Å². The van der Waals surface area contributed by atoms with Crippen LogP contribution in [-0.4, -0.2) is 26.6 Å². The van der Waals surface area contributed by atoms with Crippen molar-refractivity contribution in [2.75, 3.05) is 0 Å². The fourth-order valence-electron chi connectivity index (χ4n) is 2.52. The summed E-state index contributed by atoms with van der Waals surface area (Å²) in [5.74, 6) is -0.459. The van der Waals surface area contributed by atoms with E-state index in [0.29, 0.717) is 11.3 Å². The largest absolute Gasteiger partial charge is 0.459 e. The number of aromatic nitrogens is 3. The van der Waals surface area contributed by atoms with E-state index in [1.165, 1.54) is 6.20 Å². The lowest BCUT2D eigenvalue weighted by molar-refractivity contribution is 0.0378. The van der Waals surface area contributed by atoms with Gasteiger partial charge in [0.05, 0.1) is 11.8 Å². The molecule has 2 heterocycles. The van der Waals surface area contributed by atoms with Gasteiger partial charge in [-0.2, -0.15) is 0 Å². The summed E-state index contributed by atoms with van der Waals surface area (Å²) in [6.07, 6.45) is 3.12. The predicted octanol–water partition coefficient (Wildman–Crippen LogP) is 3.85. The molecule has 3 rings (SSSR count). The second-order valence-corrected chi connectivity index (χ2v) is 5.86. The number of benzene rings is 1. The topological polar surface area (TPSA) is 57.0 Å². The number of para-hydroxylation sites is 1. The number of ether oxygens (including phenoxy) is 1. The average Bonchev–Trinajstić information content (AvgIpc) is 2.84. The van der Waals surface area contributed by atoms with Crippen molar-refractivity contribution in [1.82, 2.24) is 14.5 Å². The van der Waals surface area contributed by atoms with Crippen LogP contribution in [0, 0.1) is 0 Å². The SMILES string of the molecule is CC(C)OC(=O)c1cnc(Cl)nc1-c1cn(C)c2ccccc12. The van der Waals surface area contributed by atoms with Crippen LogP contribution in [0.5, 0.6) is 0 Å². The van der Waals surface area contributed by atoms with Crippen LogP contribution in [0.25, 0.3) is 22.2 Å². The molecule has 0 N–H and O–H groups in total. The fourth-order valence-corrected chi connectivity index (χ4v) is 2.66. The van der Waals surface area contributed by atoms with Gasteiger partial charge in [-0.3, -0.25) is 0 Å². The molecule has 0 saturated carbocycles. The molecule has 3 aromatic rings. The fraction of sp³-hybridized carbons (Fsp3) is 0.235. The number of esters is 1. The van der Waals surface area contributed by atoms with Gasteiger partial charge in [0, 0.05) is 35.9 Å². The molecule has 0 atom stereocenters. The average molecular weight is 330 g/mol. The maximum Gasteiger partial charge on any atom is 0.342 e. The van der Waals surface area contributed by atoms with Gasteiger partial charge < -0.3 is 9.30 Å². The Hall–Kier alpha value is -2.40. The molecule has 0 fully saturated rings. The van der Waals surface area contributed by atoms with Gasteiger partial charge in [0.15, 0.2) is 0 Å². The van der Waals surface area contributed by atoms with Crippen LogP contribution in [0.4, 0.5) is 0 Å². The standard InChI is InChI=1S/C17H16ClN3O2/c1-10(2)23-16(22)12-8-19-17(18)20-15(12)13-9-21(3)14-7-5-4-6-11(13)14/h4-10H,1-3H3. The minimum absolute atomic E-state index is 0.0917. The van der Waals surface area contributed by atoms with E-state index in [4.69, 9.17) is 16.3 Å². The highest BCUT2D eigenvalue weighted by Crippen LogP contribution is 2.31. The highest BCUT2D eigenvalue weighted by Gasteiger charge is 2.21. The van der Waals surface area contributed by atoms with Crippen molar-refractivity contribution in [2.24, 2.45) is 7.05 Å². The second kappa shape index (κ2) is 6.01. The van der Waals surface area contributed by atoms with Crippen LogP contribution in [0.1, 0.15) is 24.2 Å². The third kappa shape index (κ3) is 2.92. The van der Waals surface area contributed by atoms with E-state index >= 15 is 0 Å². The molecule has 0 aliphatic rings. The molecule has 5 nitrogen and oxygen atoms in total. The van der Waals surface area contributed by atoms with E-state index in [1.54, 1.807) is 13.8 Å². The second-order valence-electron chi connectivity index (χ2n) is 5.53. The number of aryl methyl sites for hydroxylation is 1. The summed E-state index contributed by atoms with van der Waals surface area (Å²) in [7, 11) is 1.95. The first-order valence-corrected chi connectivity index (χ1v) is 7.63. The highest BCUT2D eigenvalue weighted by molar-refractivity contribution is 6.28. The third-order valence-corrected chi connectivity index (χ3v) is 3.66. The van der Waals surface area contributed by atoms with Gasteiger partial charge in [-0.05, 0) is 31.5 Å². The molecule has 0 amide bonds. The highest BCUT2D eigenvalue weighted by atomic mass is 35.5. The molecule has 6 heteroatoms. The Labute approximate surface area is 138 Å². The molecule has 0 aliphatic heterocycles. The first-order valence-electron chi connectivity index (χ1n) is 7.25. The summed E-state index contributed by atoms with van der Waals surface area (Å²) >= 11 is 5.95. The number of carbonyl (C=O) groups excluding carboxylic acids is 1. The molecule has 23 heavy (non-hydrogen) atoms. The van der Waals surface area contributed by atoms with Gasteiger partial charge in [0.1, 0.15) is 5.56 Å². The smallest absolute Gasteiger partial charge is 0.342 e. The zero-order valence-electron chi connectivity index (χ0n) is 13.1. The van der Waals surface area contributed by atoms with E-state index < -0.39 is 5.97 Å². The minimum Gasteiger partial charge on any atom is -0.459 e. The van der Waals surface area contributed by atoms with Gasteiger partial charge in [-0.1, -0.05) is 18.2 Å². The summed E-state index contributed by atoms with van der Waals surface area (Å²) < 4.78 is 7.27. The van der Waals surface area contributed by atoms with Crippen LogP contribution in [0.2, 0.25) is 5.28 Å². The number of fused-ring (bicyclic) bond motifs is 1. The van der Waals surface area contributed by atoms with E-state index in [-0.39, 0.29) is 11.4 Å². The maximum absolute atomic E-state index is 12.4. The third-order valence-electron chi connectivity index (χ3n) is 3.47. The number of hydrogen-bond donors (Lipinski definition) is 0. The summed E-state index contributed by atoms with van der Waals surface area (Å²) in [6, 6.07) is 7.90. The quantitative estimate of drug-likeness (QED) is 0.541. The van der Waals surface area contributed by atoms with Crippen LogP contribution >= 0.6 is 11.6 Å². The van der Waals surface area contributed by atoms with Gasteiger partial charge in [0.2, 0.25) is 5.28 Å². The number of rotatable bonds is 3. The van der Waals surface area contributed by atoms with Crippen molar-refractivity contribution in [3.63, 3.8) is 0 Å². The van der Waals surface area contributed by atoms with Crippen LogP contribution in [0.15, 0.2) is 36.7 Å².